The number of rotatable bonds is 3. The topological polar surface area (TPSA) is 46.9 Å². The number of carbonyl (C=O) groups is 1. The SMILES string of the molecule is O=C(NC1CCC(n2cnc3cc(C(F)(F)F)ccc32)CC1)C1CCCC1. The lowest BCUT2D eigenvalue weighted by atomic mass is 9.90. The van der Waals surface area contributed by atoms with Crippen LogP contribution in [0.25, 0.3) is 11.0 Å². The zero-order valence-corrected chi connectivity index (χ0v) is 15.1. The highest BCUT2D eigenvalue weighted by Gasteiger charge is 2.32. The molecule has 4 nitrogen and oxygen atoms in total. The van der Waals surface area contributed by atoms with Crippen molar-refractivity contribution in [2.75, 3.05) is 0 Å². The van der Waals surface area contributed by atoms with Gasteiger partial charge in [0.2, 0.25) is 5.91 Å². The number of hydrogen-bond acceptors (Lipinski definition) is 2. The van der Waals surface area contributed by atoms with E-state index < -0.39 is 11.7 Å². The van der Waals surface area contributed by atoms with Crippen molar-refractivity contribution in [1.82, 2.24) is 14.9 Å². The fraction of sp³-hybridized carbons (Fsp3) is 0.600. The maximum atomic E-state index is 12.9. The number of fused-ring (bicyclic) bond motifs is 1. The van der Waals surface area contributed by atoms with E-state index in [0.717, 1.165) is 69.0 Å². The molecule has 0 aliphatic heterocycles. The van der Waals surface area contributed by atoms with Crippen molar-refractivity contribution in [3.63, 3.8) is 0 Å². The van der Waals surface area contributed by atoms with Crippen molar-refractivity contribution in [3.8, 4) is 0 Å². The molecule has 0 saturated heterocycles. The summed E-state index contributed by atoms with van der Waals surface area (Å²) in [6.45, 7) is 0. The van der Waals surface area contributed by atoms with Crippen LogP contribution in [0.15, 0.2) is 24.5 Å². The summed E-state index contributed by atoms with van der Waals surface area (Å²) in [5, 5.41) is 3.20. The summed E-state index contributed by atoms with van der Waals surface area (Å²) < 4.78 is 40.6. The first-order chi connectivity index (χ1) is 12.9. The zero-order valence-electron chi connectivity index (χ0n) is 15.1. The molecule has 2 saturated carbocycles. The summed E-state index contributed by atoms with van der Waals surface area (Å²) in [5.41, 5.74) is 0.446. The average molecular weight is 379 g/mol. The molecule has 1 amide bonds. The predicted molar refractivity (Wildman–Crippen MR) is 96.1 cm³/mol. The Morgan fingerprint density at radius 1 is 1.07 bits per heavy atom. The number of hydrogen-bond donors (Lipinski definition) is 1. The molecule has 2 aromatic rings. The Labute approximate surface area is 156 Å². The van der Waals surface area contributed by atoms with Gasteiger partial charge in [-0.1, -0.05) is 12.8 Å². The van der Waals surface area contributed by atoms with Crippen molar-refractivity contribution >= 4 is 16.9 Å². The Morgan fingerprint density at radius 3 is 2.44 bits per heavy atom. The van der Waals surface area contributed by atoms with Crippen LogP contribution < -0.4 is 5.32 Å². The van der Waals surface area contributed by atoms with Crippen LogP contribution >= 0.6 is 0 Å². The van der Waals surface area contributed by atoms with Gasteiger partial charge in [-0.05, 0) is 56.7 Å². The Bertz CT molecular complexity index is 815. The van der Waals surface area contributed by atoms with Gasteiger partial charge in [-0.2, -0.15) is 13.2 Å². The molecule has 1 aromatic heterocycles. The Hall–Kier alpha value is -2.05. The van der Waals surface area contributed by atoms with Gasteiger partial charge in [-0.15, -0.1) is 0 Å². The fourth-order valence-corrected chi connectivity index (χ4v) is 4.50. The quantitative estimate of drug-likeness (QED) is 0.829. The Kier molecular flexibility index (Phi) is 4.86. The molecule has 0 bridgehead atoms. The lowest BCUT2D eigenvalue weighted by Crippen LogP contribution is -2.40. The number of imidazole rings is 1. The summed E-state index contributed by atoms with van der Waals surface area (Å²) >= 11 is 0. The molecule has 2 aliphatic rings. The highest BCUT2D eigenvalue weighted by molar-refractivity contribution is 5.79. The van der Waals surface area contributed by atoms with Gasteiger partial charge >= 0.3 is 6.18 Å². The van der Waals surface area contributed by atoms with Crippen LogP contribution in [0.2, 0.25) is 0 Å². The minimum Gasteiger partial charge on any atom is -0.353 e. The van der Waals surface area contributed by atoms with E-state index in [1.54, 1.807) is 6.33 Å². The first kappa shape index (κ1) is 18.3. The van der Waals surface area contributed by atoms with E-state index in [0.29, 0.717) is 5.52 Å². The molecule has 2 aliphatic carbocycles. The first-order valence-corrected chi connectivity index (χ1v) is 9.76. The highest BCUT2D eigenvalue weighted by Crippen LogP contribution is 2.35. The summed E-state index contributed by atoms with van der Waals surface area (Å²) in [6, 6.07) is 4.17. The lowest BCUT2D eigenvalue weighted by molar-refractivity contribution is -0.137. The van der Waals surface area contributed by atoms with Crippen LogP contribution in [-0.4, -0.2) is 21.5 Å². The molecule has 0 spiro atoms. The van der Waals surface area contributed by atoms with Gasteiger partial charge in [0.15, 0.2) is 0 Å². The summed E-state index contributed by atoms with van der Waals surface area (Å²) in [7, 11) is 0. The van der Waals surface area contributed by atoms with Crippen molar-refractivity contribution < 1.29 is 18.0 Å². The molecule has 1 aromatic carbocycles. The van der Waals surface area contributed by atoms with Crippen LogP contribution in [0.4, 0.5) is 13.2 Å². The minimum absolute atomic E-state index is 0.183. The Morgan fingerprint density at radius 2 is 1.78 bits per heavy atom. The van der Waals surface area contributed by atoms with E-state index in [1.807, 2.05) is 4.57 Å². The largest absolute Gasteiger partial charge is 0.416 e. The first-order valence-electron chi connectivity index (χ1n) is 9.76. The molecule has 0 unspecified atom stereocenters. The van der Waals surface area contributed by atoms with Crippen LogP contribution in [0.5, 0.6) is 0 Å². The van der Waals surface area contributed by atoms with E-state index in [9.17, 15) is 18.0 Å². The summed E-state index contributed by atoms with van der Waals surface area (Å²) in [4.78, 5) is 16.5. The summed E-state index contributed by atoms with van der Waals surface area (Å²) in [5.74, 6) is 0.381. The normalized spacial score (nSPS) is 24.4. The highest BCUT2D eigenvalue weighted by atomic mass is 19.4. The number of halogens is 3. The zero-order chi connectivity index (χ0) is 19.0. The second-order valence-electron chi connectivity index (χ2n) is 7.85. The predicted octanol–water partition coefficient (Wildman–Crippen LogP) is 4.85. The van der Waals surface area contributed by atoms with Gasteiger partial charge in [0.1, 0.15) is 0 Å². The minimum atomic E-state index is -4.35. The average Bonchev–Trinajstić information content (AvgIpc) is 3.31. The lowest BCUT2D eigenvalue weighted by Gasteiger charge is -2.31. The maximum Gasteiger partial charge on any atom is 0.416 e. The van der Waals surface area contributed by atoms with Gasteiger partial charge in [-0.3, -0.25) is 4.79 Å². The molecule has 146 valence electrons. The molecule has 7 heteroatoms. The molecule has 1 heterocycles. The Balaban J connectivity index is 1.40. The van der Waals surface area contributed by atoms with Gasteiger partial charge in [0.25, 0.3) is 0 Å². The van der Waals surface area contributed by atoms with Crippen LogP contribution in [0.3, 0.4) is 0 Å². The number of alkyl halides is 3. The molecule has 0 radical (unpaired) electrons. The number of carbonyl (C=O) groups excluding carboxylic acids is 1. The number of amides is 1. The van der Waals surface area contributed by atoms with E-state index >= 15 is 0 Å². The fourth-order valence-electron chi connectivity index (χ4n) is 4.50. The third-order valence-corrected chi connectivity index (χ3v) is 6.06. The summed E-state index contributed by atoms with van der Waals surface area (Å²) in [6.07, 6.45) is 5.16. The van der Waals surface area contributed by atoms with Crippen molar-refractivity contribution in [1.29, 1.82) is 0 Å². The smallest absolute Gasteiger partial charge is 0.353 e. The van der Waals surface area contributed by atoms with E-state index in [4.69, 9.17) is 0 Å². The molecule has 4 rings (SSSR count). The second-order valence-corrected chi connectivity index (χ2v) is 7.85. The van der Waals surface area contributed by atoms with Gasteiger partial charge < -0.3 is 9.88 Å². The van der Waals surface area contributed by atoms with Crippen LogP contribution in [0.1, 0.15) is 63.0 Å². The molecule has 1 N–H and O–H groups in total. The van der Waals surface area contributed by atoms with Crippen molar-refractivity contribution in [2.24, 2.45) is 5.92 Å². The van der Waals surface area contributed by atoms with E-state index in [-0.39, 0.29) is 23.9 Å². The van der Waals surface area contributed by atoms with Crippen LogP contribution in [0, 0.1) is 5.92 Å². The third-order valence-electron chi connectivity index (χ3n) is 6.06. The number of benzene rings is 1. The number of nitrogens with zero attached hydrogens (tertiary/aromatic N) is 2. The van der Waals surface area contributed by atoms with Gasteiger partial charge in [0, 0.05) is 18.0 Å². The van der Waals surface area contributed by atoms with Crippen molar-refractivity contribution in [3.05, 3.63) is 30.1 Å². The molecule has 0 atom stereocenters. The van der Waals surface area contributed by atoms with E-state index in [1.165, 1.54) is 6.07 Å². The van der Waals surface area contributed by atoms with Crippen molar-refractivity contribution in [2.45, 2.75) is 69.6 Å². The molecular weight excluding hydrogens is 355 g/mol. The second kappa shape index (κ2) is 7.17. The third kappa shape index (κ3) is 3.82. The number of aromatic nitrogens is 2. The van der Waals surface area contributed by atoms with E-state index in [2.05, 4.69) is 10.3 Å². The monoisotopic (exact) mass is 379 g/mol. The standard InChI is InChI=1S/C20H24F3N3O/c21-20(22,23)14-5-10-18-17(11-14)24-12-26(18)16-8-6-15(7-9-16)25-19(27)13-3-1-2-4-13/h5,10-13,15-16H,1-4,6-9H2,(H,25,27). The molecule has 2 fully saturated rings. The molecular formula is C20H24F3N3O. The van der Waals surface area contributed by atoms with Gasteiger partial charge in [-0.25, -0.2) is 4.98 Å². The molecule has 27 heavy (non-hydrogen) atoms. The van der Waals surface area contributed by atoms with Gasteiger partial charge in [0.05, 0.1) is 22.9 Å². The van der Waals surface area contributed by atoms with Crippen LogP contribution in [-0.2, 0) is 11.0 Å². The number of nitrogens with one attached hydrogen (secondary N) is 1. The maximum absolute atomic E-state index is 12.9.